The molecule has 18 heavy (non-hydrogen) atoms. The first kappa shape index (κ1) is 12.8. The number of amides is 2. The van der Waals surface area contributed by atoms with E-state index in [1.165, 1.54) is 12.1 Å². The van der Waals surface area contributed by atoms with Gasteiger partial charge in [0.1, 0.15) is 5.82 Å². The third-order valence-electron chi connectivity index (χ3n) is 3.03. The van der Waals surface area contributed by atoms with E-state index >= 15 is 0 Å². The number of aliphatic hydroxyl groups excluding tert-OH is 1. The summed E-state index contributed by atoms with van der Waals surface area (Å²) in [7, 11) is 0. The molecule has 2 rings (SSSR count). The molecule has 0 unspecified atom stereocenters. The normalized spacial score (nSPS) is 14.4. The van der Waals surface area contributed by atoms with Gasteiger partial charge in [0.05, 0.1) is 6.61 Å². The lowest BCUT2D eigenvalue weighted by atomic mass is 10.2. The lowest BCUT2D eigenvalue weighted by molar-refractivity contribution is 0.185. The number of aryl methyl sites for hydroxylation is 1. The van der Waals surface area contributed by atoms with Crippen LogP contribution in [0.1, 0.15) is 18.4 Å². The van der Waals surface area contributed by atoms with Crippen molar-refractivity contribution >= 4 is 11.7 Å². The smallest absolute Gasteiger partial charge is 0.322 e. The van der Waals surface area contributed by atoms with Crippen LogP contribution in [-0.2, 0) is 0 Å². The third-order valence-corrected chi connectivity index (χ3v) is 3.03. The average Bonchev–Trinajstić information content (AvgIpc) is 3.14. The van der Waals surface area contributed by atoms with Crippen molar-refractivity contribution in [1.29, 1.82) is 0 Å². The molecule has 0 spiro atoms. The molecule has 0 heterocycles. The maximum absolute atomic E-state index is 13.1. The summed E-state index contributed by atoms with van der Waals surface area (Å²) in [6.45, 7) is 2.06. The van der Waals surface area contributed by atoms with Crippen LogP contribution in [0.15, 0.2) is 18.2 Å². The molecule has 98 valence electrons. The largest absolute Gasteiger partial charge is 0.395 e. The van der Waals surface area contributed by atoms with Gasteiger partial charge in [0.15, 0.2) is 0 Å². The molecule has 0 bridgehead atoms. The van der Waals surface area contributed by atoms with Crippen LogP contribution in [0.25, 0.3) is 0 Å². The van der Waals surface area contributed by atoms with E-state index in [9.17, 15) is 9.18 Å². The Kier molecular flexibility index (Phi) is 3.81. The Hall–Kier alpha value is -1.62. The molecule has 0 aliphatic heterocycles. The maximum atomic E-state index is 13.1. The standard InChI is InChI=1S/C13H17FN2O2/c1-9-2-3-10(14)8-12(9)15-13(18)16(6-7-17)11-4-5-11/h2-3,8,11,17H,4-7H2,1H3,(H,15,18). The molecule has 4 nitrogen and oxygen atoms in total. The number of urea groups is 1. The second kappa shape index (κ2) is 5.35. The number of rotatable bonds is 4. The molecule has 0 radical (unpaired) electrons. The van der Waals surface area contributed by atoms with Crippen molar-refractivity contribution in [3.8, 4) is 0 Å². The molecular formula is C13H17FN2O2. The van der Waals surface area contributed by atoms with Crippen molar-refractivity contribution in [2.24, 2.45) is 0 Å². The first-order chi connectivity index (χ1) is 8.61. The zero-order chi connectivity index (χ0) is 13.1. The summed E-state index contributed by atoms with van der Waals surface area (Å²) >= 11 is 0. The molecule has 0 saturated heterocycles. The minimum Gasteiger partial charge on any atom is -0.395 e. The lowest BCUT2D eigenvalue weighted by Gasteiger charge is -2.22. The van der Waals surface area contributed by atoms with Crippen LogP contribution in [0, 0.1) is 12.7 Å². The van der Waals surface area contributed by atoms with Crippen LogP contribution in [0.4, 0.5) is 14.9 Å². The number of nitrogens with one attached hydrogen (secondary N) is 1. The summed E-state index contributed by atoms with van der Waals surface area (Å²) < 4.78 is 13.1. The summed E-state index contributed by atoms with van der Waals surface area (Å²) in [5.74, 6) is -0.379. The first-order valence-corrected chi connectivity index (χ1v) is 6.06. The Morgan fingerprint density at radius 1 is 1.56 bits per heavy atom. The van der Waals surface area contributed by atoms with Gasteiger partial charge in [0.2, 0.25) is 0 Å². The molecular weight excluding hydrogens is 235 g/mol. The van der Waals surface area contributed by atoms with Gasteiger partial charge in [-0.25, -0.2) is 9.18 Å². The van der Waals surface area contributed by atoms with Gasteiger partial charge in [-0.1, -0.05) is 6.07 Å². The van der Waals surface area contributed by atoms with Crippen molar-refractivity contribution in [2.45, 2.75) is 25.8 Å². The predicted octanol–water partition coefficient (Wildman–Crippen LogP) is 2.12. The van der Waals surface area contributed by atoms with Gasteiger partial charge in [0.25, 0.3) is 0 Å². The van der Waals surface area contributed by atoms with Crippen LogP contribution < -0.4 is 5.32 Å². The number of hydrogen-bond donors (Lipinski definition) is 2. The fourth-order valence-electron chi connectivity index (χ4n) is 1.86. The highest BCUT2D eigenvalue weighted by molar-refractivity contribution is 5.90. The Bertz CT molecular complexity index is 447. The topological polar surface area (TPSA) is 52.6 Å². The van der Waals surface area contributed by atoms with E-state index in [2.05, 4.69) is 5.32 Å². The summed E-state index contributed by atoms with van der Waals surface area (Å²) in [4.78, 5) is 13.6. The number of hydrogen-bond acceptors (Lipinski definition) is 2. The second-order valence-electron chi connectivity index (χ2n) is 4.54. The van der Waals surface area contributed by atoms with Gasteiger partial charge in [-0.15, -0.1) is 0 Å². The molecule has 5 heteroatoms. The SMILES string of the molecule is Cc1ccc(F)cc1NC(=O)N(CCO)C1CC1. The van der Waals surface area contributed by atoms with Gasteiger partial charge in [-0.2, -0.15) is 0 Å². The molecule has 1 aromatic rings. The molecule has 1 aromatic carbocycles. The summed E-state index contributed by atoms with van der Waals surface area (Å²) in [5.41, 5.74) is 1.29. The predicted molar refractivity (Wildman–Crippen MR) is 67.0 cm³/mol. The Balaban J connectivity index is 2.07. The number of nitrogens with zero attached hydrogens (tertiary/aromatic N) is 1. The summed E-state index contributed by atoms with van der Waals surface area (Å²) in [6, 6.07) is 4.22. The second-order valence-corrected chi connectivity index (χ2v) is 4.54. The van der Waals surface area contributed by atoms with Gasteiger partial charge >= 0.3 is 6.03 Å². The zero-order valence-corrected chi connectivity index (χ0v) is 10.3. The molecule has 1 saturated carbocycles. The molecule has 2 amide bonds. The van der Waals surface area contributed by atoms with E-state index in [1.807, 2.05) is 6.92 Å². The Morgan fingerprint density at radius 2 is 2.28 bits per heavy atom. The zero-order valence-electron chi connectivity index (χ0n) is 10.3. The van der Waals surface area contributed by atoms with Crippen LogP contribution in [-0.4, -0.2) is 35.2 Å². The Morgan fingerprint density at radius 3 is 2.89 bits per heavy atom. The van der Waals surface area contributed by atoms with Crippen molar-refractivity contribution < 1.29 is 14.3 Å². The number of benzene rings is 1. The first-order valence-electron chi connectivity index (χ1n) is 6.06. The molecule has 1 aliphatic carbocycles. The number of anilines is 1. The van der Waals surface area contributed by atoms with Gasteiger partial charge in [-0.05, 0) is 37.5 Å². The molecule has 0 aromatic heterocycles. The van der Waals surface area contributed by atoms with Crippen LogP contribution in [0.2, 0.25) is 0 Å². The van der Waals surface area contributed by atoms with Crippen molar-refractivity contribution in [3.05, 3.63) is 29.6 Å². The van der Waals surface area contributed by atoms with Crippen molar-refractivity contribution in [3.63, 3.8) is 0 Å². The van der Waals surface area contributed by atoms with Crippen LogP contribution in [0.5, 0.6) is 0 Å². The van der Waals surface area contributed by atoms with E-state index < -0.39 is 0 Å². The summed E-state index contributed by atoms with van der Waals surface area (Å²) in [5, 5.41) is 11.6. The highest BCUT2D eigenvalue weighted by Gasteiger charge is 2.32. The van der Waals surface area contributed by atoms with Crippen molar-refractivity contribution in [2.75, 3.05) is 18.5 Å². The number of carbonyl (C=O) groups excluding carboxylic acids is 1. The van der Waals surface area contributed by atoms with Gasteiger partial charge in [-0.3, -0.25) is 0 Å². The molecule has 1 fully saturated rings. The molecule has 1 aliphatic rings. The van der Waals surface area contributed by atoms with E-state index in [0.717, 1.165) is 18.4 Å². The summed E-state index contributed by atoms with van der Waals surface area (Å²) in [6.07, 6.45) is 1.94. The highest BCUT2D eigenvalue weighted by Crippen LogP contribution is 2.27. The maximum Gasteiger partial charge on any atom is 0.322 e. The fraction of sp³-hybridized carbons (Fsp3) is 0.462. The average molecular weight is 252 g/mol. The van der Waals surface area contributed by atoms with E-state index in [0.29, 0.717) is 12.2 Å². The number of halogens is 1. The van der Waals surface area contributed by atoms with E-state index in [1.54, 1.807) is 11.0 Å². The minimum atomic E-state index is -0.379. The monoisotopic (exact) mass is 252 g/mol. The van der Waals surface area contributed by atoms with E-state index in [4.69, 9.17) is 5.11 Å². The van der Waals surface area contributed by atoms with Gasteiger partial charge in [0, 0.05) is 18.3 Å². The number of carbonyl (C=O) groups is 1. The van der Waals surface area contributed by atoms with Crippen LogP contribution >= 0.6 is 0 Å². The fourth-order valence-corrected chi connectivity index (χ4v) is 1.86. The third kappa shape index (κ3) is 2.98. The molecule has 0 atom stereocenters. The minimum absolute atomic E-state index is 0.0634. The lowest BCUT2D eigenvalue weighted by Crippen LogP contribution is -2.38. The number of aliphatic hydroxyl groups is 1. The Labute approximate surface area is 105 Å². The molecule has 2 N–H and O–H groups in total. The van der Waals surface area contributed by atoms with Crippen molar-refractivity contribution in [1.82, 2.24) is 4.90 Å². The van der Waals surface area contributed by atoms with E-state index in [-0.39, 0.29) is 24.5 Å². The highest BCUT2D eigenvalue weighted by atomic mass is 19.1. The van der Waals surface area contributed by atoms with Gasteiger partial charge < -0.3 is 15.3 Å². The quantitative estimate of drug-likeness (QED) is 0.862. The van der Waals surface area contributed by atoms with Crippen LogP contribution in [0.3, 0.4) is 0 Å².